The highest BCUT2D eigenvalue weighted by atomic mass is 16.5. The van der Waals surface area contributed by atoms with E-state index < -0.39 is 5.91 Å². The number of amides is 1. The molecule has 0 radical (unpaired) electrons. The van der Waals surface area contributed by atoms with Crippen molar-refractivity contribution in [2.45, 2.75) is 6.54 Å². The van der Waals surface area contributed by atoms with Crippen molar-refractivity contribution in [1.82, 2.24) is 10.6 Å². The van der Waals surface area contributed by atoms with Gasteiger partial charge < -0.3 is 14.5 Å². The summed E-state index contributed by atoms with van der Waals surface area (Å²) in [5, 5.41) is 12.8. The van der Waals surface area contributed by atoms with E-state index in [2.05, 4.69) is 5.16 Å². The fourth-order valence-electron chi connectivity index (χ4n) is 1.60. The van der Waals surface area contributed by atoms with Crippen molar-refractivity contribution in [2.24, 2.45) is 5.84 Å². The number of anilines is 1. The van der Waals surface area contributed by atoms with Crippen LogP contribution in [0.4, 0.5) is 5.69 Å². The summed E-state index contributed by atoms with van der Waals surface area (Å²) < 4.78 is 5.05. The molecule has 2 rings (SSSR count). The maximum Gasteiger partial charge on any atom is 0.287 e. The Morgan fingerprint density at radius 2 is 2.16 bits per heavy atom. The van der Waals surface area contributed by atoms with E-state index in [1.807, 2.05) is 17.4 Å². The Morgan fingerprint density at radius 3 is 2.79 bits per heavy atom. The summed E-state index contributed by atoms with van der Waals surface area (Å²) in [5.74, 6) is 5.25. The van der Waals surface area contributed by atoms with Crippen molar-refractivity contribution in [3.63, 3.8) is 0 Å². The minimum absolute atomic E-state index is 0.136. The van der Waals surface area contributed by atoms with Crippen LogP contribution in [0.25, 0.3) is 0 Å². The number of hydrogen-bond acceptors (Lipinski definition) is 6. The molecule has 100 valence electrons. The average Bonchev–Trinajstić information content (AvgIpc) is 2.87. The Labute approximate surface area is 109 Å². The van der Waals surface area contributed by atoms with Gasteiger partial charge in [-0.15, -0.1) is 0 Å². The molecule has 0 spiro atoms. The molecule has 7 heteroatoms. The zero-order chi connectivity index (χ0) is 13.8. The number of benzene rings is 1. The number of nitrogen functional groups attached to an aromatic ring is 1. The number of carbonyl (C=O) groups is 1. The largest absolute Gasteiger partial charge is 0.508 e. The second kappa shape index (κ2) is 5.40. The van der Waals surface area contributed by atoms with E-state index >= 15 is 0 Å². The molecular weight excluding hydrogens is 248 g/mol. The van der Waals surface area contributed by atoms with E-state index in [-0.39, 0.29) is 11.4 Å². The molecule has 0 atom stereocenters. The van der Waals surface area contributed by atoms with Gasteiger partial charge in [-0.05, 0) is 24.3 Å². The van der Waals surface area contributed by atoms with Crippen LogP contribution in [0.1, 0.15) is 16.2 Å². The number of phenolic OH excluding ortho intramolecular Hbond substituents is 1. The Hall–Kier alpha value is -2.54. The lowest BCUT2D eigenvalue weighted by Gasteiger charge is -2.17. The van der Waals surface area contributed by atoms with Crippen LogP contribution >= 0.6 is 0 Å². The maximum atomic E-state index is 11.2. The Bertz CT molecular complexity index is 565. The number of carbonyl (C=O) groups excluding carboxylic acids is 1. The minimum Gasteiger partial charge on any atom is -0.508 e. The molecule has 1 aromatic heterocycles. The molecule has 0 saturated carbocycles. The lowest BCUT2D eigenvalue weighted by molar-refractivity contribution is 0.0944. The molecule has 4 N–H and O–H groups in total. The van der Waals surface area contributed by atoms with Crippen LogP contribution < -0.4 is 16.2 Å². The molecule has 0 aliphatic carbocycles. The van der Waals surface area contributed by atoms with Gasteiger partial charge in [-0.3, -0.25) is 10.2 Å². The maximum absolute atomic E-state index is 11.2. The summed E-state index contributed by atoms with van der Waals surface area (Å²) in [5.41, 5.74) is 3.02. The predicted octanol–water partition coefficient (Wildman–Crippen LogP) is 0.620. The third-order valence-corrected chi connectivity index (χ3v) is 2.61. The molecule has 0 saturated heterocycles. The van der Waals surface area contributed by atoms with Crippen LogP contribution in [-0.4, -0.2) is 23.2 Å². The van der Waals surface area contributed by atoms with Gasteiger partial charge in [-0.2, -0.15) is 0 Å². The Balaban J connectivity index is 2.06. The summed E-state index contributed by atoms with van der Waals surface area (Å²) in [7, 11) is 1.86. The first kappa shape index (κ1) is 12.9. The topological polar surface area (TPSA) is 105 Å². The van der Waals surface area contributed by atoms with Crippen LogP contribution in [0.2, 0.25) is 0 Å². The molecule has 2 aromatic rings. The average molecular weight is 262 g/mol. The van der Waals surface area contributed by atoms with Gasteiger partial charge in [0, 0.05) is 18.8 Å². The van der Waals surface area contributed by atoms with Gasteiger partial charge in [0.25, 0.3) is 5.91 Å². The summed E-state index contributed by atoms with van der Waals surface area (Å²) >= 11 is 0. The van der Waals surface area contributed by atoms with E-state index in [0.29, 0.717) is 12.3 Å². The SMILES string of the molecule is CN(Cc1cc(C(=O)NN)no1)c1ccc(O)cc1. The van der Waals surface area contributed by atoms with Crippen LogP contribution in [-0.2, 0) is 6.54 Å². The van der Waals surface area contributed by atoms with Gasteiger partial charge in [-0.1, -0.05) is 5.16 Å². The second-order valence-corrected chi connectivity index (χ2v) is 4.02. The highest BCUT2D eigenvalue weighted by Gasteiger charge is 2.12. The van der Waals surface area contributed by atoms with Gasteiger partial charge in [0.15, 0.2) is 11.5 Å². The number of nitrogens with one attached hydrogen (secondary N) is 1. The molecular formula is C12H14N4O3. The molecule has 19 heavy (non-hydrogen) atoms. The molecule has 0 fully saturated rings. The molecule has 1 aromatic carbocycles. The smallest absolute Gasteiger partial charge is 0.287 e. The first-order valence-electron chi connectivity index (χ1n) is 5.57. The summed E-state index contributed by atoms with van der Waals surface area (Å²) in [6.45, 7) is 0.440. The first-order chi connectivity index (χ1) is 9.10. The first-order valence-corrected chi connectivity index (χ1v) is 5.57. The van der Waals surface area contributed by atoms with Crippen molar-refractivity contribution in [1.29, 1.82) is 0 Å². The minimum atomic E-state index is -0.498. The molecule has 0 aliphatic heterocycles. The zero-order valence-corrected chi connectivity index (χ0v) is 10.3. The fraction of sp³-hybridized carbons (Fsp3) is 0.167. The number of rotatable bonds is 4. The van der Waals surface area contributed by atoms with E-state index in [1.54, 1.807) is 24.3 Å². The third-order valence-electron chi connectivity index (χ3n) is 2.61. The van der Waals surface area contributed by atoms with Crippen molar-refractivity contribution >= 4 is 11.6 Å². The lowest BCUT2D eigenvalue weighted by atomic mass is 10.2. The van der Waals surface area contributed by atoms with E-state index in [9.17, 15) is 9.90 Å². The highest BCUT2D eigenvalue weighted by molar-refractivity contribution is 5.91. The normalized spacial score (nSPS) is 10.2. The van der Waals surface area contributed by atoms with Crippen molar-refractivity contribution in [3.05, 3.63) is 41.8 Å². The van der Waals surface area contributed by atoms with Gasteiger partial charge in [0.2, 0.25) is 0 Å². The quantitative estimate of drug-likeness (QED) is 0.424. The van der Waals surface area contributed by atoms with E-state index in [0.717, 1.165) is 5.69 Å². The van der Waals surface area contributed by atoms with Crippen molar-refractivity contribution < 1.29 is 14.4 Å². The summed E-state index contributed by atoms with van der Waals surface area (Å²) in [4.78, 5) is 13.1. The predicted molar refractivity (Wildman–Crippen MR) is 68.4 cm³/mol. The van der Waals surface area contributed by atoms with E-state index in [4.69, 9.17) is 10.4 Å². The van der Waals surface area contributed by atoms with Crippen LogP contribution in [0, 0.1) is 0 Å². The number of hydrazine groups is 1. The van der Waals surface area contributed by atoms with Crippen LogP contribution in [0.3, 0.4) is 0 Å². The monoisotopic (exact) mass is 262 g/mol. The summed E-state index contributed by atoms with van der Waals surface area (Å²) in [6.07, 6.45) is 0. The molecule has 7 nitrogen and oxygen atoms in total. The fourth-order valence-corrected chi connectivity index (χ4v) is 1.60. The Morgan fingerprint density at radius 1 is 1.47 bits per heavy atom. The van der Waals surface area contributed by atoms with Crippen molar-refractivity contribution in [3.8, 4) is 5.75 Å². The van der Waals surface area contributed by atoms with Crippen LogP contribution in [0.5, 0.6) is 5.75 Å². The van der Waals surface area contributed by atoms with Crippen LogP contribution in [0.15, 0.2) is 34.9 Å². The molecule has 1 amide bonds. The lowest BCUT2D eigenvalue weighted by Crippen LogP contribution is -2.30. The number of aromatic nitrogens is 1. The molecule has 0 bridgehead atoms. The van der Waals surface area contributed by atoms with E-state index in [1.165, 1.54) is 6.07 Å². The number of nitrogens with zero attached hydrogens (tertiary/aromatic N) is 2. The number of phenols is 1. The number of nitrogens with two attached hydrogens (primary N) is 1. The standard InChI is InChI=1S/C12H14N4O3/c1-16(8-2-4-9(17)5-3-8)7-10-6-11(15-19-10)12(18)14-13/h2-6,17H,7,13H2,1H3,(H,14,18). The zero-order valence-electron chi connectivity index (χ0n) is 10.3. The molecule has 0 aliphatic rings. The third kappa shape index (κ3) is 3.02. The Kier molecular flexibility index (Phi) is 3.67. The van der Waals surface area contributed by atoms with Gasteiger partial charge >= 0.3 is 0 Å². The van der Waals surface area contributed by atoms with Gasteiger partial charge in [0.1, 0.15) is 5.75 Å². The van der Waals surface area contributed by atoms with Crippen molar-refractivity contribution in [2.75, 3.05) is 11.9 Å². The van der Waals surface area contributed by atoms with Gasteiger partial charge in [-0.25, -0.2) is 5.84 Å². The second-order valence-electron chi connectivity index (χ2n) is 4.02. The van der Waals surface area contributed by atoms with Gasteiger partial charge in [0.05, 0.1) is 6.54 Å². The highest BCUT2D eigenvalue weighted by Crippen LogP contribution is 2.19. The number of aromatic hydroxyl groups is 1. The molecule has 0 unspecified atom stereocenters. The molecule has 1 heterocycles. The summed E-state index contributed by atoms with van der Waals surface area (Å²) in [6, 6.07) is 8.27. The number of hydrogen-bond donors (Lipinski definition) is 3.